The molecule has 1 aromatic heterocycles. The molecule has 6 heteroatoms. The van der Waals surface area contributed by atoms with E-state index in [1.54, 1.807) is 0 Å². The number of hydrogen-bond donors (Lipinski definition) is 3. The molecule has 0 spiro atoms. The Bertz CT molecular complexity index is 767. The zero-order valence-electron chi connectivity index (χ0n) is 15.0. The van der Waals surface area contributed by atoms with Crippen molar-refractivity contribution in [3.63, 3.8) is 0 Å². The van der Waals surface area contributed by atoms with Gasteiger partial charge in [0, 0.05) is 25.4 Å². The monoisotopic (exact) mass is 354 g/mol. The number of fused-ring (bicyclic) bond motifs is 2. The number of benzene rings is 1. The van der Waals surface area contributed by atoms with Crippen molar-refractivity contribution < 1.29 is 9.59 Å². The molecule has 1 aliphatic carbocycles. The molecule has 1 aromatic carbocycles. The molecule has 3 N–H and O–H groups in total. The molecule has 4 rings (SSSR count). The quantitative estimate of drug-likeness (QED) is 0.720. The molecule has 0 radical (unpaired) electrons. The van der Waals surface area contributed by atoms with Gasteiger partial charge in [0.15, 0.2) is 0 Å². The molecule has 2 heterocycles. The van der Waals surface area contributed by atoms with E-state index in [9.17, 15) is 9.59 Å². The number of aromatic amines is 1. The van der Waals surface area contributed by atoms with Gasteiger partial charge in [0.1, 0.15) is 5.82 Å². The van der Waals surface area contributed by atoms with Crippen LogP contribution in [0.2, 0.25) is 0 Å². The fraction of sp³-hybridized carbons (Fsp3) is 0.550. The van der Waals surface area contributed by atoms with E-state index in [-0.39, 0.29) is 23.8 Å². The van der Waals surface area contributed by atoms with Gasteiger partial charge in [-0.15, -0.1) is 0 Å². The molecule has 2 aromatic rings. The van der Waals surface area contributed by atoms with Gasteiger partial charge in [-0.05, 0) is 37.3 Å². The van der Waals surface area contributed by atoms with Crippen LogP contribution in [-0.2, 0) is 16.0 Å². The lowest BCUT2D eigenvalue weighted by Gasteiger charge is -2.40. The summed E-state index contributed by atoms with van der Waals surface area (Å²) in [4.78, 5) is 32.4. The van der Waals surface area contributed by atoms with Crippen LogP contribution in [0.25, 0.3) is 11.0 Å². The number of piperidine rings is 1. The third-order valence-corrected chi connectivity index (χ3v) is 5.75. The van der Waals surface area contributed by atoms with Gasteiger partial charge >= 0.3 is 0 Å². The minimum absolute atomic E-state index is 0.0237. The maximum atomic E-state index is 12.6. The van der Waals surface area contributed by atoms with Crippen LogP contribution in [-0.4, -0.2) is 34.4 Å². The Morgan fingerprint density at radius 1 is 1.23 bits per heavy atom. The SMILES string of the molecule is O=C1CC(C(=O)NCCCc2nc3ccccc3[nH]2)C2CCCCC2N1. The van der Waals surface area contributed by atoms with E-state index in [2.05, 4.69) is 20.6 Å². The number of carbonyl (C=O) groups is 2. The average Bonchev–Trinajstić information content (AvgIpc) is 3.07. The van der Waals surface area contributed by atoms with Crippen LogP contribution in [0.15, 0.2) is 24.3 Å². The second-order valence-electron chi connectivity index (χ2n) is 7.53. The van der Waals surface area contributed by atoms with Gasteiger partial charge in [0.2, 0.25) is 11.8 Å². The van der Waals surface area contributed by atoms with E-state index >= 15 is 0 Å². The Kier molecular flexibility index (Phi) is 4.91. The molecular weight excluding hydrogens is 328 g/mol. The van der Waals surface area contributed by atoms with Gasteiger partial charge in [-0.3, -0.25) is 9.59 Å². The molecule has 2 aliphatic rings. The summed E-state index contributed by atoms with van der Waals surface area (Å²) in [5, 5.41) is 6.12. The lowest BCUT2D eigenvalue weighted by Crippen LogP contribution is -2.54. The predicted octanol–water partition coefficient (Wildman–Crippen LogP) is 2.31. The summed E-state index contributed by atoms with van der Waals surface area (Å²) in [7, 11) is 0. The van der Waals surface area contributed by atoms with Crippen LogP contribution in [0.3, 0.4) is 0 Å². The van der Waals surface area contributed by atoms with Gasteiger partial charge in [0.05, 0.1) is 17.0 Å². The fourth-order valence-electron chi connectivity index (χ4n) is 4.45. The Morgan fingerprint density at radius 2 is 2.08 bits per heavy atom. The number of aryl methyl sites for hydroxylation is 1. The average molecular weight is 354 g/mol. The lowest BCUT2D eigenvalue weighted by atomic mass is 9.72. The number of rotatable bonds is 5. The Labute approximate surface area is 153 Å². The van der Waals surface area contributed by atoms with Crippen molar-refractivity contribution >= 4 is 22.8 Å². The molecule has 1 saturated carbocycles. The largest absolute Gasteiger partial charge is 0.356 e. The Balaban J connectivity index is 1.28. The van der Waals surface area contributed by atoms with Crippen LogP contribution in [0.5, 0.6) is 0 Å². The maximum Gasteiger partial charge on any atom is 0.223 e. The Morgan fingerprint density at radius 3 is 2.96 bits per heavy atom. The highest BCUT2D eigenvalue weighted by atomic mass is 16.2. The first-order valence-electron chi connectivity index (χ1n) is 9.71. The van der Waals surface area contributed by atoms with Crippen molar-refractivity contribution in [3.05, 3.63) is 30.1 Å². The molecule has 2 fully saturated rings. The first-order valence-corrected chi connectivity index (χ1v) is 9.71. The predicted molar refractivity (Wildman–Crippen MR) is 99.4 cm³/mol. The van der Waals surface area contributed by atoms with Gasteiger partial charge in [-0.1, -0.05) is 25.0 Å². The third kappa shape index (κ3) is 3.59. The third-order valence-electron chi connectivity index (χ3n) is 5.75. The minimum atomic E-state index is -0.166. The van der Waals surface area contributed by atoms with Crippen LogP contribution >= 0.6 is 0 Å². The summed E-state index contributed by atoms with van der Waals surface area (Å²) >= 11 is 0. The number of hydrogen-bond acceptors (Lipinski definition) is 3. The molecule has 1 saturated heterocycles. The molecule has 6 nitrogen and oxygen atoms in total. The summed E-state index contributed by atoms with van der Waals surface area (Å²) < 4.78 is 0. The molecule has 1 aliphatic heterocycles. The van der Waals surface area contributed by atoms with Crippen molar-refractivity contribution in [2.75, 3.05) is 6.54 Å². The highest BCUT2D eigenvalue weighted by molar-refractivity contribution is 5.87. The minimum Gasteiger partial charge on any atom is -0.356 e. The molecule has 3 unspecified atom stereocenters. The van der Waals surface area contributed by atoms with Crippen LogP contribution in [0.1, 0.15) is 44.3 Å². The molecule has 0 bridgehead atoms. The van der Waals surface area contributed by atoms with E-state index in [1.165, 1.54) is 0 Å². The van der Waals surface area contributed by atoms with Gasteiger partial charge in [-0.2, -0.15) is 0 Å². The summed E-state index contributed by atoms with van der Waals surface area (Å²) in [6.07, 6.45) is 6.32. The van der Waals surface area contributed by atoms with E-state index in [4.69, 9.17) is 0 Å². The molecule has 3 atom stereocenters. The second kappa shape index (κ2) is 7.48. The van der Waals surface area contributed by atoms with Crippen molar-refractivity contribution in [1.29, 1.82) is 0 Å². The van der Waals surface area contributed by atoms with Crippen LogP contribution < -0.4 is 10.6 Å². The van der Waals surface area contributed by atoms with E-state index in [1.807, 2.05) is 24.3 Å². The summed E-state index contributed by atoms with van der Waals surface area (Å²) in [6, 6.07) is 8.17. The highest BCUT2D eigenvalue weighted by Crippen LogP contribution is 2.35. The number of H-pyrrole nitrogens is 1. The van der Waals surface area contributed by atoms with Crippen molar-refractivity contribution in [2.24, 2.45) is 11.8 Å². The first-order chi connectivity index (χ1) is 12.7. The standard InChI is InChI=1S/C20H26N4O2/c25-19-12-14(13-6-1-2-7-15(13)24-19)20(26)21-11-5-10-18-22-16-8-3-4-9-17(16)23-18/h3-4,8-9,13-15H,1-2,5-7,10-12H2,(H,21,26)(H,22,23)(H,24,25). The lowest BCUT2D eigenvalue weighted by molar-refractivity contribution is -0.137. The molecule has 26 heavy (non-hydrogen) atoms. The zero-order chi connectivity index (χ0) is 17.9. The molecule has 138 valence electrons. The van der Waals surface area contributed by atoms with Crippen molar-refractivity contribution in [3.8, 4) is 0 Å². The second-order valence-corrected chi connectivity index (χ2v) is 7.53. The fourth-order valence-corrected chi connectivity index (χ4v) is 4.45. The number of imidazole rings is 1. The van der Waals surface area contributed by atoms with E-state index < -0.39 is 0 Å². The first kappa shape index (κ1) is 17.1. The van der Waals surface area contributed by atoms with E-state index in [0.29, 0.717) is 18.9 Å². The van der Waals surface area contributed by atoms with Gasteiger partial charge in [-0.25, -0.2) is 4.98 Å². The molecular formula is C20H26N4O2. The number of aromatic nitrogens is 2. The molecule has 2 amide bonds. The van der Waals surface area contributed by atoms with Crippen molar-refractivity contribution in [1.82, 2.24) is 20.6 Å². The Hall–Kier alpha value is -2.37. The number of carbonyl (C=O) groups excluding carboxylic acids is 2. The number of para-hydroxylation sites is 2. The number of amides is 2. The summed E-state index contributed by atoms with van der Waals surface area (Å²) in [5.74, 6) is 1.15. The maximum absolute atomic E-state index is 12.6. The zero-order valence-corrected chi connectivity index (χ0v) is 15.0. The number of nitrogens with zero attached hydrogens (tertiary/aromatic N) is 1. The van der Waals surface area contributed by atoms with Gasteiger partial charge in [0.25, 0.3) is 0 Å². The van der Waals surface area contributed by atoms with Gasteiger partial charge < -0.3 is 15.6 Å². The highest BCUT2D eigenvalue weighted by Gasteiger charge is 2.41. The van der Waals surface area contributed by atoms with Crippen LogP contribution in [0, 0.1) is 11.8 Å². The van der Waals surface area contributed by atoms with E-state index in [0.717, 1.165) is 55.4 Å². The summed E-state index contributed by atoms with van der Waals surface area (Å²) in [6.45, 7) is 0.616. The summed E-state index contributed by atoms with van der Waals surface area (Å²) in [5.41, 5.74) is 2.02. The normalized spacial score (nSPS) is 25.5. The smallest absolute Gasteiger partial charge is 0.223 e. The number of nitrogens with one attached hydrogen (secondary N) is 3. The topological polar surface area (TPSA) is 86.9 Å². The van der Waals surface area contributed by atoms with Crippen molar-refractivity contribution in [2.45, 2.75) is 51.0 Å². The van der Waals surface area contributed by atoms with Crippen LogP contribution in [0.4, 0.5) is 0 Å².